The van der Waals surface area contributed by atoms with Gasteiger partial charge in [-0.25, -0.2) is 4.79 Å². The molecule has 0 atom stereocenters. The highest BCUT2D eigenvalue weighted by molar-refractivity contribution is 6.75. The van der Waals surface area contributed by atoms with Crippen molar-refractivity contribution in [1.82, 2.24) is 30.0 Å². The zero-order chi connectivity index (χ0) is 15.8. The first-order valence-electron chi connectivity index (χ1n) is 4.92. The van der Waals surface area contributed by atoms with Crippen LogP contribution in [-0.4, -0.2) is 39.8 Å². The predicted octanol–water partition coefficient (Wildman–Crippen LogP) is 2.26. The van der Waals surface area contributed by atoms with E-state index in [1.807, 2.05) is 0 Å². The van der Waals surface area contributed by atoms with Gasteiger partial charge in [-0.3, -0.25) is 0 Å². The fraction of sp³-hybridized carbons (Fsp3) is 0.250. The molecule has 2 heterocycles. The van der Waals surface area contributed by atoms with E-state index < -0.39 is 19.9 Å². The Morgan fingerprint density at radius 2 is 1.90 bits per heavy atom. The summed E-state index contributed by atoms with van der Waals surface area (Å²) in [4.78, 5) is 12.1. The van der Waals surface area contributed by atoms with Crippen LogP contribution in [0.3, 0.4) is 0 Å². The maximum Gasteiger partial charge on any atom is 0.373 e. The molecule has 0 aliphatic carbocycles. The first kappa shape index (κ1) is 16.3. The van der Waals surface area contributed by atoms with Crippen molar-refractivity contribution in [2.45, 2.75) is 8.13 Å². The highest BCUT2D eigenvalue weighted by atomic mass is 35.6. The van der Waals surface area contributed by atoms with Crippen LogP contribution in [0, 0.1) is 11.3 Å². The van der Waals surface area contributed by atoms with Gasteiger partial charge in [-0.1, -0.05) is 68.4 Å². The van der Waals surface area contributed by atoms with Gasteiger partial charge in [-0.15, -0.1) is 14.9 Å². The number of carbonyl (C=O) groups excluding carboxylic acids is 1. The summed E-state index contributed by atoms with van der Waals surface area (Å²) < 4.78 is -2.97. The number of halogens is 5. The fourth-order valence-corrected chi connectivity index (χ4v) is 1.79. The minimum absolute atomic E-state index is 0.373. The Morgan fingerprint density at radius 3 is 2.38 bits per heavy atom. The lowest BCUT2D eigenvalue weighted by molar-refractivity contribution is 0.237. The zero-order valence-electron chi connectivity index (χ0n) is 9.58. The Labute approximate surface area is 142 Å². The Morgan fingerprint density at radius 1 is 1.24 bits per heavy atom. The minimum Gasteiger partial charge on any atom is -0.243 e. The van der Waals surface area contributed by atoms with Crippen LogP contribution in [0.15, 0.2) is 12.4 Å². The standard InChI is InChI=1S/C8H2Cl5N7O/c9-7(10,8(11,12)13)5-4(3-14)20(18-16-5)6(21)19-2-1-15-17-19/h1-2H. The van der Waals surface area contributed by atoms with Gasteiger partial charge in [0.1, 0.15) is 11.8 Å². The molecule has 0 saturated carbocycles. The number of nitrogens with zero attached hydrogens (tertiary/aromatic N) is 7. The Hall–Kier alpha value is -1.11. The molecule has 0 aliphatic rings. The number of aromatic nitrogens is 6. The molecule has 0 aliphatic heterocycles. The number of rotatable bonds is 1. The molecule has 0 radical (unpaired) electrons. The Kier molecular flexibility index (Phi) is 4.33. The molecule has 2 aromatic heterocycles. The summed E-state index contributed by atoms with van der Waals surface area (Å²) in [6.07, 6.45) is 2.50. The molecule has 0 unspecified atom stereocenters. The summed E-state index contributed by atoms with van der Waals surface area (Å²) in [5.74, 6) is 0. The van der Waals surface area contributed by atoms with Crippen molar-refractivity contribution in [1.29, 1.82) is 5.26 Å². The first-order valence-corrected chi connectivity index (χ1v) is 6.81. The van der Waals surface area contributed by atoms with Crippen LogP contribution in [-0.2, 0) is 4.33 Å². The van der Waals surface area contributed by atoms with E-state index in [0.717, 1.165) is 4.68 Å². The molecule has 0 aromatic carbocycles. The fourth-order valence-electron chi connectivity index (χ4n) is 1.27. The SMILES string of the molecule is N#Cc1c(C(Cl)(Cl)C(Cl)(Cl)Cl)nnn1C(=O)n1ccnn1. The van der Waals surface area contributed by atoms with Crippen molar-refractivity contribution >= 4 is 64.0 Å². The maximum atomic E-state index is 12.1. The van der Waals surface area contributed by atoms with Gasteiger partial charge in [0.25, 0.3) is 0 Å². The molecule has 0 bridgehead atoms. The van der Waals surface area contributed by atoms with E-state index in [4.69, 9.17) is 63.3 Å². The van der Waals surface area contributed by atoms with Crippen LogP contribution in [0.2, 0.25) is 0 Å². The van der Waals surface area contributed by atoms with E-state index in [0.29, 0.717) is 4.68 Å². The molecule has 0 fully saturated rings. The summed E-state index contributed by atoms with van der Waals surface area (Å²) in [6.45, 7) is 0. The monoisotopic (exact) mass is 387 g/mol. The highest BCUT2D eigenvalue weighted by Crippen LogP contribution is 2.52. The number of carbonyl (C=O) groups is 1. The van der Waals surface area contributed by atoms with Gasteiger partial charge >= 0.3 is 6.03 Å². The Bertz CT molecular complexity index is 710. The Balaban J connectivity index is 2.55. The highest BCUT2D eigenvalue weighted by Gasteiger charge is 2.51. The van der Waals surface area contributed by atoms with Crippen LogP contribution in [0.4, 0.5) is 4.79 Å². The van der Waals surface area contributed by atoms with Crippen molar-refractivity contribution in [3.05, 3.63) is 23.8 Å². The lowest BCUT2D eigenvalue weighted by Crippen LogP contribution is -2.30. The number of hydrogen-bond acceptors (Lipinski definition) is 6. The number of alkyl halides is 5. The number of hydrogen-bond donors (Lipinski definition) is 0. The van der Waals surface area contributed by atoms with Crippen molar-refractivity contribution in [3.8, 4) is 6.07 Å². The first-order chi connectivity index (χ1) is 9.70. The molecule has 0 saturated heterocycles. The molecular weight excluding hydrogens is 387 g/mol. The van der Waals surface area contributed by atoms with Gasteiger partial charge in [0.15, 0.2) is 5.69 Å². The lowest BCUT2D eigenvalue weighted by Gasteiger charge is -2.25. The molecule has 0 spiro atoms. The van der Waals surface area contributed by atoms with Crippen LogP contribution in [0.1, 0.15) is 11.4 Å². The second kappa shape index (κ2) is 5.59. The summed E-state index contributed by atoms with van der Waals surface area (Å²) in [5, 5.41) is 23.1. The van der Waals surface area contributed by atoms with Gasteiger partial charge in [0.2, 0.25) is 8.13 Å². The largest absolute Gasteiger partial charge is 0.373 e. The van der Waals surface area contributed by atoms with Crippen molar-refractivity contribution < 1.29 is 4.79 Å². The van der Waals surface area contributed by atoms with E-state index in [9.17, 15) is 4.79 Å². The second-order valence-electron chi connectivity index (χ2n) is 3.51. The zero-order valence-corrected chi connectivity index (χ0v) is 13.4. The smallest absolute Gasteiger partial charge is 0.243 e. The van der Waals surface area contributed by atoms with Gasteiger partial charge in [0.05, 0.1) is 12.4 Å². The topological polar surface area (TPSA) is 102 Å². The second-order valence-corrected chi connectivity index (χ2v) is 7.12. The van der Waals surface area contributed by atoms with Gasteiger partial charge in [0, 0.05) is 0 Å². The van der Waals surface area contributed by atoms with Gasteiger partial charge in [-0.2, -0.15) is 9.94 Å². The predicted molar refractivity (Wildman–Crippen MR) is 74.6 cm³/mol. The third-order valence-electron chi connectivity index (χ3n) is 2.23. The average Bonchev–Trinajstić information content (AvgIpc) is 3.05. The van der Waals surface area contributed by atoms with E-state index >= 15 is 0 Å². The van der Waals surface area contributed by atoms with Crippen molar-refractivity contribution in [3.63, 3.8) is 0 Å². The van der Waals surface area contributed by atoms with Crippen molar-refractivity contribution in [2.75, 3.05) is 0 Å². The molecule has 0 amide bonds. The van der Waals surface area contributed by atoms with E-state index in [1.54, 1.807) is 6.07 Å². The van der Waals surface area contributed by atoms with Crippen LogP contribution in [0.25, 0.3) is 0 Å². The quantitative estimate of drug-likeness (QED) is 0.693. The lowest BCUT2D eigenvalue weighted by atomic mass is 10.2. The third-order valence-corrected chi connectivity index (χ3v) is 4.59. The molecule has 0 N–H and O–H groups in total. The third kappa shape index (κ3) is 2.80. The molecule has 13 heteroatoms. The van der Waals surface area contributed by atoms with Gasteiger partial charge < -0.3 is 0 Å². The van der Waals surface area contributed by atoms with E-state index in [-0.39, 0.29) is 5.69 Å². The number of nitriles is 1. The van der Waals surface area contributed by atoms with Crippen LogP contribution < -0.4 is 0 Å². The normalized spacial score (nSPS) is 12.2. The molecule has 8 nitrogen and oxygen atoms in total. The maximum absolute atomic E-state index is 12.1. The summed E-state index contributed by atoms with van der Waals surface area (Å²) >= 11 is 28.8. The molecular formula is C8H2Cl5N7O. The molecule has 21 heavy (non-hydrogen) atoms. The summed E-state index contributed by atoms with van der Waals surface area (Å²) in [7, 11) is 0. The molecule has 2 aromatic rings. The van der Waals surface area contributed by atoms with Crippen LogP contribution in [0.5, 0.6) is 0 Å². The van der Waals surface area contributed by atoms with Gasteiger partial charge in [-0.05, 0) is 0 Å². The summed E-state index contributed by atoms with van der Waals surface area (Å²) in [5.41, 5.74) is -0.770. The summed E-state index contributed by atoms with van der Waals surface area (Å²) in [6, 6.07) is 0.839. The van der Waals surface area contributed by atoms with E-state index in [1.165, 1.54) is 12.4 Å². The van der Waals surface area contributed by atoms with E-state index in [2.05, 4.69) is 20.6 Å². The van der Waals surface area contributed by atoms with Crippen molar-refractivity contribution in [2.24, 2.45) is 0 Å². The molecule has 2 rings (SSSR count). The average molecular weight is 389 g/mol. The van der Waals surface area contributed by atoms with Crippen LogP contribution >= 0.6 is 58.0 Å². The molecule has 110 valence electrons. The minimum atomic E-state index is -2.21.